The van der Waals surface area contributed by atoms with Crippen LogP contribution in [0.25, 0.3) is 11.1 Å². The van der Waals surface area contributed by atoms with Crippen molar-refractivity contribution in [2.45, 2.75) is 38.5 Å². The lowest BCUT2D eigenvalue weighted by molar-refractivity contribution is -0.127. The first-order chi connectivity index (χ1) is 16.4. The Morgan fingerprint density at radius 2 is 1.91 bits per heavy atom. The van der Waals surface area contributed by atoms with Gasteiger partial charge >= 0.3 is 6.03 Å². The highest BCUT2D eigenvalue weighted by Crippen LogP contribution is 2.48. The molecule has 2 bridgehead atoms. The minimum absolute atomic E-state index is 0.0990. The van der Waals surface area contributed by atoms with Gasteiger partial charge in [0.25, 0.3) is 5.56 Å². The SMILES string of the molecule is COCCNC(=O)[C@@H]1[C@@H](CO)[C@@H]2Cn3c(ccc(-c4ccccc4)c3=O)[C@H]1N2C(=O)NC(C)C. The first kappa shape index (κ1) is 24.0. The summed E-state index contributed by atoms with van der Waals surface area (Å²) in [6, 6.07) is 11.4. The van der Waals surface area contributed by atoms with Crippen LogP contribution in [-0.2, 0) is 16.1 Å². The third kappa shape index (κ3) is 4.21. The molecule has 34 heavy (non-hydrogen) atoms. The van der Waals surface area contributed by atoms with E-state index in [0.29, 0.717) is 24.4 Å². The molecule has 0 aliphatic carbocycles. The van der Waals surface area contributed by atoms with Gasteiger partial charge in [-0.25, -0.2) is 4.79 Å². The zero-order chi connectivity index (χ0) is 24.4. The van der Waals surface area contributed by atoms with E-state index in [0.717, 1.165) is 5.56 Å². The van der Waals surface area contributed by atoms with Gasteiger partial charge in [0.15, 0.2) is 0 Å². The Morgan fingerprint density at radius 1 is 1.18 bits per heavy atom. The van der Waals surface area contributed by atoms with E-state index in [-0.39, 0.29) is 36.7 Å². The topological polar surface area (TPSA) is 113 Å². The van der Waals surface area contributed by atoms with Crippen LogP contribution < -0.4 is 16.2 Å². The number of hydrogen-bond donors (Lipinski definition) is 3. The quantitative estimate of drug-likeness (QED) is 0.531. The van der Waals surface area contributed by atoms with Gasteiger partial charge in [0.1, 0.15) is 0 Å². The maximum Gasteiger partial charge on any atom is 0.318 e. The smallest absolute Gasteiger partial charge is 0.318 e. The van der Waals surface area contributed by atoms with Crippen LogP contribution in [0.2, 0.25) is 0 Å². The monoisotopic (exact) mass is 468 g/mol. The summed E-state index contributed by atoms with van der Waals surface area (Å²) in [5.74, 6) is -1.47. The number of amides is 3. The highest BCUT2D eigenvalue weighted by molar-refractivity contribution is 5.84. The Bertz CT molecular complexity index is 1100. The van der Waals surface area contributed by atoms with E-state index in [1.807, 2.05) is 50.2 Å². The van der Waals surface area contributed by atoms with Crippen molar-refractivity contribution in [3.63, 3.8) is 0 Å². The lowest BCUT2D eigenvalue weighted by Crippen LogP contribution is -2.53. The molecule has 3 heterocycles. The third-order valence-electron chi connectivity index (χ3n) is 6.68. The summed E-state index contributed by atoms with van der Waals surface area (Å²) in [7, 11) is 1.55. The summed E-state index contributed by atoms with van der Waals surface area (Å²) in [5.41, 5.74) is 1.80. The van der Waals surface area contributed by atoms with Gasteiger partial charge in [0.05, 0.1) is 24.6 Å². The van der Waals surface area contributed by atoms with Crippen LogP contribution in [-0.4, -0.2) is 65.5 Å². The molecular formula is C25H32N4O5. The molecular weight excluding hydrogens is 436 g/mol. The molecule has 1 aromatic heterocycles. The fraction of sp³-hybridized carbons (Fsp3) is 0.480. The van der Waals surface area contributed by atoms with Crippen LogP contribution in [0.4, 0.5) is 4.79 Å². The maximum absolute atomic E-state index is 13.5. The predicted molar refractivity (Wildman–Crippen MR) is 127 cm³/mol. The Morgan fingerprint density at radius 3 is 2.56 bits per heavy atom. The molecule has 1 fully saturated rings. The van der Waals surface area contributed by atoms with Crippen molar-refractivity contribution in [3.05, 3.63) is 58.5 Å². The number of methoxy groups -OCH3 is 1. The largest absolute Gasteiger partial charge is 0.396 e. The van der Waals surface area contributed by atoms with Crippen molar-refractivity contribution in [2.24, 2.45) is 11.8 Å². The molecule has 0 saturated carbocycles. The number of fused-ring (bicyclic) bond motifs is 4. The molecule has 3 N–H and O–H groups in total. The van der Waals surface area contributed by atoms with Crippen LogP contribution in [0.1, 0.15) is 25.6 Å². The molecule has 1 saturated heterocycles. The summed E-state index contributed by atoms with van der Waals surface area (Å²) >= 11 is 0. The van der Waals surface area contributed by atoms with Crippen LogP contribution in [0, 0.1) is 11.8 Å². The van der Waals surface area contributed by atoms with Gasteiger partial charge in [0, 0.05) is 50.0 Å². The minimum atomic E-state index is -0.694. The van der Waals surface area contributed by atoms with Crippen molar-refractivity contribution in [2.75, 3.05) is 26.9 Å². The van der Waals surface area contributed by atoms with E-state index < -0.39 is 23.9 Å². The molecule has 9 heteroatoms. The molecule has 182 valence electrons. The van der Waals surface area contributed by atoms with Gasteiger partial charge in [-0.2, -0.15) is 0 Å². The number of aromatic nitrogens is 1. The van der Waals surface area contributed by atoms with Crippen LogP contribution in [0.5, 0.6) is 0 Å². The summed E-state index contributed by atoms with van der Waals surface area (Å²) in [6.07, 6.45) is 0. The summed E-state index contributed by atoms with van der Waals surface area (Å²) in [4.78, 5) is 41.7. The zero-order valence-electron chi connectivity index (χ0n) is 19.7. The average Bonchev–Trinajstić information content (AvgIpc) is 3.06. The van der Waals surface area contributed by atoms with Crippen LogP contribution >= 0.6 is 0 Å². The molecule has 2 aliphatic rings. The molecule has 2 aliphatic heterocycles. The van der Waals surface area contributed by atoms with Gasteiger partial charge in [0.2, 0.25) is 5.91 Å². The Labute approximate surface area is 198 Å². The second kappa shape index (κ2) is 9.99. The van der Waals surface area contributed by atoms with Gasteiger partial charge in [-0.3, -0.25) is 9.59 Å². The normalized spacial score (nSPS) is 23.0. The van der Waals surface area contributed by atoms with E-state index in [9.17, 15) is 19.5 Å². The summed E-state index contributed by atoms with van der Waals surface area (Å²) in [5, 5.41) is 16.1. The average molecular weight is 469 g/mol. The lowest BCUT2D eigenvalue weighted by Gasteiger charge is -2.38. The van der Waals surface area contributed by atoms with E-state index in [2.05, 4.69) is 10.6 Å². The van der Waals surface area contributed by atoms with E-state index >= 15 is 0 Å². The second-order valence-corrected chi connectivity index (χ2v) is 9.13. The molecule has 4 rings (SSSR count). The number of nitrogens with one attached hydrogen (secondary N) is 2. The highest BCUT2D eigenvalue weighted by Gasteiger charge is 2.57. The molecule has 0 unspecified atom stereocenters. The van der Waals surface area contributed by atoms with Gasteiger partial charge in [-0.1, -0.05) is 30.3 Å². The minimum Gasteiger partial charge on any atom is -0.396 e. The molecule has 1 aromatic carbocycles. The number of aliphatic hydroxyl groups excluding tert-OH is 1. The first-order valence-corrected chi connectivity index (χ1v) is 11.6. The number of aliphatic hydroxyl groups is 1. The molecule has 3 amide bonds. The van der Waals surface area contributed by atoms with E-state index in [1.54, 1.807) is 22.6 Å². The lowest BCUT2D eigenvalue weighted by atomic mass is 9.86. The van der Waals surface area contributed by atoms with E-state index in [4.69, 9.17) is 4.74 Å². The number of rotatable bonds is 7. The number of hydrogen-bond acceptors (Lipinski definition) is 5. The third-order valence-corrected chi connectivity index (χ3v) is 6.68. The molecule has 4 atom stereocenters. The van der Waals surface area contributed by atoms with Crippen molar-refractivity contribution in [1.29, 1.82) is 0 Å². The number of urea groups is 1. The molecule has 0 spiro atoms. The fourth-order valence-corrected chi connectivity index (χ4v) is 5.24. The standard InChI is InChI=1S/C25H32N4O5/c1-15(2)27-25(33)29-20-13-28-19(10-9-17(24(28)32)16-7-5-4-6-8-16)22(29)21(18(20)14-30)23(31)26-11-12-34-3/h4-10,15,18,20-22,30H,11-14H2,1-3H3,(H,26,31)(H,27,33)/t18-,20-,21+,22+/m0/s1. The van der Waals surface area contributed by atoms with Crippen molar-refractivity contribution < 1.29 is 19.4 Å². The fourth-order valence-electron chi connectivity index (χ4n) is 5.24. The Hall–Kier alpha value is -3.17. The second-order valence-electron chi connectivity index (χ2n) is 9.13. The molecule has 9 nitrogen and oxygen atoms in total. The molecule has 0 radical (unpaired) electrons. The first-order valence-electron chi connectivity index (χ1n) is 11.6. The van der Waals surface area contributed by atoms with Crippen LogP contribution in [0.15, 0.2) is 47.3 Å². The maximum atomic E-state index is 13.5. The molecule has 2 aromatic rings. The number of benzene rings is 1. The van der Waals surface area contributed by atoms with Crippen molar-refractivity contribution in [3.8, 4) is 11.1 Å². The van der Waals surface area contributed by atoms with Gasteiger partial charge in [-0.15, -0.1) is 0 Å². The predicted octanol–water partition coefficient (Wildman–Crippen LogP) is 1.36. The van der Waals surface area contributed by atoms with E-state index in [1.165, 1.54) is 0 Å². The number of ether oxygens (including phenoxy) is 1. The summed E-state index contributed by atoms with van der Waals surface area (Å²) < 4.78 is 6.71. The van der Waals surface area contributed by atoms with Crippen LogP contribution in [0.3, 0.4) is 0 Å². The number of nitrogens with zero attached hydrogens (tertiary/aromatic N) is 2. The van der Waals surface area contributed by atoms with Crippen molar-refractivity contribution >= 4 is 11.9 Å². The van der Waals surface area contributed by atoms with Gasteiger partial charge < -0.3 is 29.9 Å². The van der Waals surface area contributed by atoms with Crippen molar-refractivity contribution in [1.82, 2.24) is 20.1 Å². The number of carbonyl (C=O) groups excluding carboxylic acids is 2. The Kier molecular flexibility index (Phi) is 7.04. The summed E-state index contributed by atoms with van der Waals surface area (Å²) in [6.45, 7) is 4.34. The number of pyridine rings is 1. The number of carbonyl (C=O) groups is 2. The highest BCUT2D eigenvalue weighted by atomic mass is 16.5. The zero-order valence-corrected chi connectivity index (χ0v) is 19.7. The van der Waals surface area contributed by atoms with Gasteiger partial charge in [-0.05, 0) is 31.5 Å². The Balaban J connectivity index is 1.80.